The molecule has 0 N–H and O–H groups in total. The van der Waals surface area contributed by atoms with Crippen LogP contribution in [0.25, 0.3) is 0 Å². The standard InChI is InChI=1S/C19H29F5N2O4Si/c1-4-11-28-31(29-12-5-2,30-13-6-3)14-7-10-25(23)19(27)26(24)16-9-8-15(20)17(21)18(16)22/h8-9H,4-7,10-14H2,1-3H3. The van der Waals surface area contributed by atoms with E-state index in [0.717, 1.165) is 0 Å². The summed E-state index contributed by atoms with van der Waals surface area (Å²) in [5, 5.41) is -1.41. The predicted octanol–water partition coefficient (Wildman–Crippen LogP) is 5.71. The molecular weight excluding hydrogens is 443 g/mol. The molecule has 0 aliphatic carbocycles. The minimum atomic E-state index is -3.14. The van der Waals surface area contributed by atoms with Crippen molar-refractivity contribution >= 4 is 20.5 Å². The second kappa shape index (κ2) is 13.6. The zero-order valence-electron chi connectivity index (χ0n) is 17.9. The average molecular weight is 473 g/mol. The molecule has 0 aliphatic heterocycles. The molecule has 0 radical (unpaired) electrons. The lowest BCUT2D eigenvalue weighted by Crippen LogP contribution is -2.47. The molecule has 178 valence electrons. The van der Waals surface area contributed by atoms with Crippen molar-refractivity contribution in [2.75, 3.05) is 31.5 Å². The van der Waals surface area contributed by atoms with Crippen LogP contribution < -0.4 is 5.12 Å². The Hall–Kier alpha value is -1.76. The van der Waals surface area contributed by atoms with Gasteiger partial charge in [-0.05, 0) is 37.8 Å². The normalized spacial score (nSPS) is 11.6. The van der Waals surface area contributed by atoms with Crippen LogP contribution in [-0.4, -0.2) is 46.3 Å². The molecule has 0 spiro atoms. The van der Waals surface area contributed by atoms with E-state index >= 15 is 0 Å². The van der Waals surface area contributed by atoms with Crippen LogP contribution in [-0.2, 0) is 13.3 Å². The molecule has 2 amide bonds. The van der Waals surface area contributed by atoms with Crippen LogP contribution in [0.4, 0.5) is 32.6 Å². The predicted molar refractivity (Wildman–Crippen MR) is 107 cm³/mol. The molecule has 1 aromatic carbocycles. The summed E-state index contributed by atoms with van der Waals surface area (Å²) in [5.41, 5.74) is -1.24. The zero-order chi connectivity index (χ0) is 23.4. The van der Waals surface area contributed by atoms with Crippen LogP contribution in [0.2, 0.25) is 6.04 Å². The van der Waals surface area contributed by atoms with Crippen molar-refractivity contribution in [2.45, 2.75) is 52.5 Å². The molecule has 0 aliphatic rings. The Morgan fingerprint density at radius 1 is 0.903 bits per heavy atom. The molecule has 1 aromatic rings. The number of halogens is 5. The molecule has 0 unspecified atom stereocenters. The first-order chi connectivity index (χ1) is 14.7. The lowest BCUT2D eigenvalue weighted by atomic mass is 10.3. The van der Waals surface area contributed by atoms with E-state index in [0.29, 0.717) is 51.2 Å². The summed E-state index contributed by atoms with van der Waals surface area (Å²) in [7, 11) is -3.14. The third-order valence-corrected chi connectivity index (χ3v) is 6.92. The van der Waals surface area contributed by atoms with E-state index in [2.05, 4.69) is 0 Å². The number of carbonyl (C=O) groups excluding carboxylic acids is 1. The molecule has 6 nitrogen and oxygen atoms in total. The quantitative estimate of drug-likeness (QED) is 0.151. The van der Waals surface area contributed by atoms with Crippen molar-refractivity contribution in [3.63, 3.8) is 0 Å². The van der Waals surface area contributed by atoms with E-state index in [1.807, 2.05) is 20.8 Å². The summed E-state index contributed by atoms with van der Waals surface area (Å²) in [6, 6.07) is -0.785. The van der Waals surface area contributed by atoms with Gasteiger partial charge in [0.05, 0.1) is 6.54 Å². The summed E-state index contributed by atoms with van der Waals surface area (Å²) in [4.78, 5) is 11.9. The molecule has 0 aromatic heterocycles. The van der Waals surface area contributed by atoms with Crippen LogP contribution >= 0.6 is 0 Å². The molecule has 0 fully saturated rings. The third-order valence-electron chi connectivity index (χ3n) is 4.02. The van der Waals surface area contributed by atoms with Crippen molar-refractivity contribution in [3.05, 3.63) is 29.6 Å². The molecular formula is C19H29F5N2O4Si. The Balaban J connectivity index is 2.79. The Labute approximate surface area is 180 Å². The lowest BCUT2D eigenvalue weighted by Gasteiger charge is -2.30. The van der Waals surface area contributed by atoms with Crippen molar-refractivity contribution in [1.82, 2.24) is 5.12 Å². The van der Waals surface area contributed by atoms with Gasteiger partial charge in [0.15, 0.2) is 17.5 Å². The third kappa shape index (κ3) is 8.02. The van der Waals surface area contributed by atoms with Gasteiger partial charge < -0.3 is 13.3 Å². The fraction of sp³-hybridized carbons (Fsp3) is 0.632. The molecule has 0 saturated heterocycles. The maximum absolute atomic E-state index is 14.2. The largest absolute Gasteiger partial charge is 0.501 e. The number of rotatable bonds is 14. The van der Waals surface area contributed by atoms with E-state index in [4.69, 9.17) is 13.3 Å². The highest BCUT2D eigenvalue weighted by Gasteiger charge is 2.41. The van der Waals surface area contributed by atoms with Gasteiger partial charge in [-0.3, -0.25) is 0 Å². The molecule has 0 heterocycles. The van der Waals surface area contributed by atoms with Gasteiger partial charge in [0.2, 0.25) is 0 Å². The Bertz CT molecular complexity index is 680. The van der Waals surface area contributed by atoms with Crippen LogP contribution in [0, 0.1) is 17.5 Å². The fourth-order valence-corrected chi connectivity index (χ4v) is 5.33. The number of amides is 2. The van der Waals surface area contributed by atoms with Gasteiger partial charge in [0.1, 0.15) is 5.69 Å². The van der Waals surface area contributed by atoms with Crippen LogP contribution in [0.15, 0.2) is 12.1 Å². The first kappa shape index (κ1) is 27.3. The van der Waals surface area contributed by atoms with E-state index in [9.17, 15) is 26.9 Å². The Kier molecular flexibility index (Phi) is 12.0. The first-order valence-corrected chi connectivity index (χ1v) is 12.1. The van der Waals surface area contributed by atoms with Gasteiger partial charge in [0, 0.05) is 25.9 Å². The Morgan fingerprint density at radius 3 is 1.90 bits per heavy atom. The van der Waals surface area contributed by atoms with Gasteiger partial charge >= 0.3 is 14.8 Å². The molecule has 12 heteroatoms. The molecule has 31 heavy (non-hydrogen) atoms. The summed E-state index contributed by atoms with van der Waals surface area (Å²) < 4.78 is 85.7. The summed E-state index contributed by atoms with van der Waals surface area (Å²) in [5.74, 6) is -5.47. The highest BCUT2D eigenvalue weighted by atomic mass is 28.4. The number of benzene rings is 1. The van der Waals surface area contributed by atoms with E-state index in [1.54, 1.807) is 0 Å². The van der Waals surface area contributed by atoms with Gasteiger partial charge in [0.25, 0.3) is 0 Å². The Morgan fingerprint density at radius 2 is 1.42 bits per heavy atom. The number of hydrogen-bond donors (Lipinski definition) is 0. The zero-order valence-corrected chi connectivity index (χ0v) is 18.9. The smallest absolute Gasteiger partial charge is 0.373 e. The van der Waals surface area contributed by atoms with E-state index in [1.165, 1.54) is 0 Å². The second-order valence-corrected chi connectivity index (χ2v) is 9.41. The molecule has 1 rings (SSSR count). The highest BCUT2D eigenvalue weighted by molar-refractivity contribution is 6.60. The van der Waals surface area contributed by atoms with Gasteiger partial charge in [-0.2, -0.15) is 5.12 Å². The second-order valence-electron chi connectivity index (χ2n) is 6.68. The van der Waals surface area contributed by atoms with Crippen LogP contribution in [0.1, 0.15) is 46.5 Å². The molecule has 0 saturated carbocycles. The maximum atomic E-state index is 14.2. The minimum Gasteiger partial charge on any atom is -0.373 e. The molecule has 0 bridgehead atoms. The number of anilines is 1. The summed E-state index contributed by atoms with van der Waals surface area (Å²) in [6.45, 7) is 6.30. The monoisotopic (exact) mass is 472 g/mol. The number of hydrogen-bond acceptors (Lipinski definition) is 4. The molecule has 0 atom stereocenters. The SMILES string of the molecule is CCCO[Si](CCCN(F)C(=O)N(F)c1ccc(F)c(F)c1F)(OCCC)OCCC. The summed E-state index contributed by atoms with van der Waals surface area (Å²) in [6.07, 6.45) is 2.15. The van der Waals surface area contributed by atoms with E-state index in [-0.39, 0.29) is 12.5 Å². The van der Waals surface area contributed by atoms with Crippen molar-refractivity contribution in [3.8, 4) is 0 Å². The van der Waals surface area contributed by atoms with Gasteiger partial charge in [-0.25, -0.2) is 18.0 Å². The number of carbonyl (C=O) groups is 1. The van der Waals surface area contributed by atoms with E-state index < -0.39 is 54.8 Å². The maximum Gasteiger partial charge on any atom is 0.501 e. The average Bonchev–Trinajstić information content (AvgIpc) is 2.77. The van der Waals surface area contributed by atoms with Gasteiger partial charge in [-0.15, -0.1) is 5.12 Å². The van der Waals surface area contributed by atoms with Crippen LogP contribution in [0.5, 0.6) is 0 Å². The first-order valence-electron chi connectivity index (χ1n) is 10.2. The summed E-state index contributed by atoms with van der Waals surface area (Å²) >= 11 is 0. The van der Waals surface area contributed by atoms with Crippen molar-refractivity contribution in [2.24, 2.45) is 0 Å². The highest BCUT2D eigenvalue weighted by Crippen LogP contribution is 2.26. The lowest BCUT2D eigenvalue weighted by molar-refractivity contribution is 0.0480. The van der Waals surface area contributed by atoms with Crippen molar-refractivity contribution < 1.29 is 40.2 Å². The van der Waals surface area contributed by atoms with Crippen molar-refractivity contribution in [1.29, 1.82) is 0 Å². The fourth-order valence-electron chi connectivity index (χ4n) is 2.51. The van der Waals surface area contributed by atoms with Gasteiger partial charge in [-0.1, -0.05) is 29.7 Å². The number of urea groups is 1. The minimum absolute atomic E-state index is 0.0136. The topological polar surface area (TPSA) is 51.2 Å². The van der Waals surface area contributed by atoms with Crippen LogP contribution in [0.3, 0.4) is 0 Å². The number of nitrogens with zero attached hydrogens (tertiary/aromatic N) is 2.